The molecule has 5 nitrogen and oxygen atoms in total. The van der Waals surface area contributed by atoms with Gasteiger partial charge in [0.2, 0.25) is 0 Å². The van der Waals surface area contributed by atoms with Gasteiger partial charge in [-0.2, -0.15) is 8.42 Å². The van der Waals surface area contributed by atoms with E-state index in [4.69, 9.17) is 33.5 Å². The number of hydrogen-bond acceptors (Lipinski definition) is 4. The fourth-order valence-corrected chi connectivity index (χ4v) is 3.71. The van der Waals surface area contributed by atoms with Gasteiger partial charge in [-0.1, -0.05) is 34.5 Å². The predicted molar refractivity (Wildman–Crippen MR) is 90.0 cm³/mol. The number of benzene rings is 1. The SMILES string of the molecule is Nc1scc(-c2ccc(Cl)c(Cl)c2)[n+]1CCCCS(=O)(=O)O. The quantitative estimate of drug-likeness (QED) is 0.456. The fourth-order valence-electron chi connectivity index (χ4n) is 2.03. The van der Waals surface area contributed by atoms with E-state index in [9.17, 15) is 8.42 Å². The maximum Gasteiger partial charge on any atom is 0.332 e. The van der Waals surface area contributed by atoms with Crippen LogP contribution in [0.4, 0.5) is 5.13 Å². The van der Waals surface area contributed by atoms with E-state index in [0.29, 0.717) is 34.6 Å². The van der Waals surface area contributed by atoms with Crippen LogP contribution < -0.4 is 10.3 Å². The number of aromatic nitrogens is 1. The average Bonchev–Trinajstić information content (AvgIpc) is 2.78. The molecule has 120 valence electrons. The fraction of sp³-hybridized carbons (Fsp3) is 0.308. The van der Waals surface area contributed by atoms with Crippen molar-refractivity contribution >= 4 is 49.8 Å². The Hall–Kier alpha value is -0.860. The first-order chi connectivity index (χ1) is 10.3. The van der Waals surface area contributed by atoms with E-state index in [2.05, 4.69) is 0 Å². The summed E-state index contributed by atoms with van der Waals surface area (Å²) in [4.78, 5) is 0. The van der Waals surface area contributed by atoms with E-state index < -0.39 is 10.1 Å². The first-order valence-electron chi connectivity index (χ1n) is 6.45. The van der Waals surface area contributed by atoms with Crippen LogP contribution in [-0.4, -0.2) is 18.7 Å². The van der Waals surface area contributed by atoms with Crippen molar-refractivity contribution < 1.29 is 17.5 Å². The largest absolute Gasteiger partial charge is 0.332 e. The molecule has 0 amide bonds. The van der Waals surface area contributed by atoms with Gasteiger partial charge in [-0.25, -0.2) is 4.57 Å². The molecule has 0 aliphatic rings. The van der Waals surface area contributed by atoms with Crippen LogP contribution in [0.1, 0.15) is 12.8 Å². The average molecular weight is 382 g/mol. The Morgan fingerprint density at radius 1 is 1.23 bits per heavy atom. The summed E-state index contributed by atoms with van der Waals surface area (Å²) in [5.41, 5.74) is 7.75. The monoisotopic (exact) mass is 381 g/mol. The van der Waals surface area contributed by atoms with Gasteiger partial charge in [0.15, 0.2) is 0 Å². The van der Waals surface area contributed by atoms with E-state index in [1.54, 1.807) is 12.1 Å². The molecular formula is C13H15Cl2N2O3S2+. The molecule has 2 rings (SSSR count). The van der Waals surface area contributed by atoms with Crippen LogP contribution in [0.15, 0.2) is 23.6 Å². The molecule has 0 spiro atoms. The number of halogens is 2. The van der Waals surface area contributed by atoms with E-state index >= 15 is 0 Å². The van der Waals surface area contributed by atoms with Crippen molar-refractivity contribution in [1.29, 1.82) is 0 Å². The number of rotatable bonds is 6. The Kier molecular flexibility index (Phi) is 5.68. The molecule has 22 heavy (non-hydrogen) atoms. The van der Waals surface area contributed by atoms with Gasteiger partial charge in [-0.05, 0) is 31.0 Å². The second kappa shape index (κ2) is 7.14. The summed E-state index contributed by atoms with van der Waals surface area (Å²) in [5.74, 6) is -0.250. The van der Waals surface area contributed by atoms with E-state index in [0.717, 1.165) is 11.3 Å². The number of anilines is 1. The molecule has 1 aromatic heterocycles. The summed E-state index contributed by atoms with van der Waals surface area (Å²) < 4.78 is 32.1. The molecule has 0 bridgehead atoms. The van der Waals surface area contributed by atoms with Crippen molar-refractivity contribution in [2.45, 2.75) is 19.4 Å². The molecule has 1 heterocycles. The second-order valence-corrected chi connectivity index (χ2v) is 8.01. The molecule has 0 aliphatic heterocycles. The van der Waals surface area contributed by atoms with E-state index in [1.807, 2.05) is 16.0 Å². The van der Waals surface area contributed by atoms with Crippen LogP contribution in [-0.2, 0) is 16.7 Å². The predicted octanol–water partition coefficient (Wildman–Crippen LogP) is 3.26. The summed E-state index contributed by atoms with van der Waals surface area (Å²) in [6.45, 7) is 0.556. The van der Waals surface area contributed by atoms with Gasteiger partial charge in [0, 0.05) is 10.9 Å². The number of nitrogen functional groups attached to an aromatic ring is 1. The Bertz CT molecular complexity index is 776. The topological polar surface area (TPSA) is 84.3 Å². The molecule has 1 aromatic carbocycles. The molecule has 9 heteroatoms. The summed E-state index contributed by atoms with van der Waals surface area (Å²) in [6, 6.07) is 5.33. The van der Waals surface area contributed by atoms with Crippen LogP contribution >= 0.6 is 34.5 Å². The molecule has 0 saturated heterocycles. The minimum absolute atomic E-state index is 0.250. The summed E-state index contributed by atoms with van der Waals surface area (Å²) >= 11 is 13.3. The highest BCUT2D eigenvalue weighted by Gasteiger charge is 2.17. The molecule has 0 atom stereocenters. The van der Waals surface area contributed by atoms with Crippen molar-refractivity contribution in [2.24, 2.45) is 0 Å². The molecule has 0 radical (unpaired) electrons. The molecule has 2 aromatic rings. The number of nitrogens with zero attached hydrogens (tertiary/aromatic N) is 1. The molecule has 0 saturated carbocycles. The zero-order chi connectivity index (χ0) is 16.3. The smallest absolute Gasteiger partial charge is 0.286 e. The normalized spacial score (nSPS) is 11.8. The van der Waals surface area contributed by atoms with E-state index in [-0.39, 0.29) is 5.75 Å². The van der Waals surface area contributed by atoms with Crippen LogP contribution in [0.3, 0.4) is 0 Å². The first-order valence-corrected chi connectivity index (χ1v) is 9.70. The third-order valence-electron chi connectivity index (χ3n) is 3.10. The molecule has 0 unspecified atom stereocenters. The maximum atomic E-state index is 10.7. The molecule has 0 aliphatic carbocycles. The Balaban J connectivity index is 2.15. The minimum Gasteiger partial charge on any atom is -0.286 e. The summed E-state index contributed by atoms with van der Waals surface area (Å²) in [6.07, 6.45) is 0.946. The highest BCUT2D eigenvalue weighted by atomic mass is 35.5. The zero-order valence-electron chi connectivity index (χ0n) is 11.5. The van der Waals surface area contributed by atoms with Crippen molar-refractivity contribution in [3.63, 3.8) is 0 Å². The van der Waals surface area contributed by atoms with Gasteiger partial charge in [0.05, 0.1) is 22.3 Å². The van der Waals surface area contributed by atoms with Crippen LogP contribution in [0.5, 0.6) is 0 Å². The second-order valence-electron chi connectivity index (χ2n) is 4.73. The lowest BCUT2D eigenvalue weighted by molar-refractivity contribution is -0.668. The maximum absolute atomic E-state index is 10.7. The Labute approximate surface area is 143 Å². The molecular weight excluding hydrogens is 367 g/mol. The molecule has 3 N–H and O–H groups in total. The lowest BCUT2D eigenvalue weighted by Crippen LogP contribution is -2.37. The Morgan fingerprint density at radius 3 is 2.59 bits per heavy atom. The summed E-state index contributed by atoms with van der Waals surface area (Å²) in [7, 11) is -3.92. The van der Waals surface area contributed by atoms with E-state index in [1.165, 1.54) is 11.3 Å². The van der Waals surface area contributed by atoms with Gasteiger partial charge >= 0.3 is 5.13 Å². The van der Waals surface area contributed by atoms with Gasteiger partial charge in [0.25, 0.3) is 10.1 Å². The number of nitrogens with two attached hydrogens (primary N) is 1. The van der Waals surface area contributed by atoms with Crippen LogP contribution in [0.25, 0.3) is 11.3 Å². The van der Waals surface area contributed by atoms with Gasteiger partial charge < -0.3 is 0 Å². The highest BCUT2D eigenvalue weighted by molar-refractivity contribution is 7.85. The third-order valence-corrected chi connectivity index (χ3v) is 5.44. The van der Waals surface area contributed by atoms with Crippen molar-refractivity contribution in [3.8, 4) is 11.3 Å². The third kappa shape index (κ3) is 4.57. The molecule has 0 fully saturated rings. The minimum atomic E-state index is -3.92. The zero-order valence-corrected chi connectivity index (χ0v) is 14.6. The lowest BCUT2D eigenvalue weighted by atomic mass is 10.1. The number of unbranched alkanes of at least 4 members (excludes halogenated alkanes) is 1. The van der Waals surface area contributed by atoms with Crippen molar-refractivity contribution in [2.75, 3.05) is 11.5 Å². The summed E-state index contributed by atoms with van der Waals surface area (Å²) in [5, 5.41) is 3.47. The van der Waals surface area contributed by atoms with Gasteiger partial charge in [0.1, 0.15) is 5.69 Å². The van der Waals surface area contributed by atoms with Crippen LogP contribution in [0.2, 0.25) is 10.0 Å². The standard InChI is InChI=1S/C13H14Cl2N2O3S2/c14-10-4-3-9(7-11(10)15)12-8-21-13(16)17(12)5-1-2-6-22(18,19)20/h3-4,7-8,16H,1-2,5-6H2,(H,18,19,20)/p+1. The van der Waals surface area contributed by atoms with Gasteiger partial charge in [-0.3, -0.25) is 10.3 Å². The highest BCUT2D eigenvalue weighted by Crippen LogP contribution is 2.29. The first kappa shape index (κ1) is 17.5. The van der Waals surface area contributed by atoms with Crippen molar-refractivity contribution in [3.05, 3.63) is 33.6 Å². The number of thiazole rings is 1. The van der Waals surface area contributed by atoms with Crippen molar-refractivity contribution in [1.82, 2.24) is 0 Å². The van der Waals surface area contributed by atoms with Gasteiger partial charge in [-0.15, -0.1) is 0 Å². The number of hydrogen-bond donors (Lipinski definition) is 2. The Morgan fingerprint density at radius 2 is 1.95 bits per heavy atom. The van der Waals surface area contributed by atoms with Crippen LogP contribution in [0, 0.1) is 0 Å². The lowest BCUT2D eigenvalue weighted by Gasteiger charge is -2.05.